The van der Waals surface area contributed by atoms with Crippen LogP contribution in [0.5, 0.6) is 0 Å². The number of nitrogens with one attached hydrogen (secondary N) is 1. The summed E-state index contributed by atoms with van der Waals surface area (Å²) in [5.41, 5.74) is 0. The molecule has 91 heavy (non-hydrogen) atoms. The number of hydrogen-bond acceptors (Lipinski definition) is 39. The second kappa shape index (κ2) is 32.5. The predicted molar refractivity (Wildman–Crippen MR) is 278 cm³/mol. The molecule has 8 saturated heterocycles. The first-order valence-electron chi connectivity index (χ1n) is 29.2. The van der Waals surface area contributed by atoms with Crippen LogP contribution in [0.3, 0.4) is 0 Å². The highest BCUT2D eigenvalue weighted by atomic mass is 16.8. The van der Waals surface area contributed by atoms with Gasteiger partial charge in [0.1, 0.15) is 183 Å². The van der Waals surface area contributed by atoms with Crippen LogP contribution in [-0.4, -0.2) is 413 Å². The molecule has 0 aromatic rings. The molecule has 22 N–H and O–H groups in total. The molecular weight excluding hydrogens is 1250 g/mol. The van der Waals surface area contributed by atoms with Gasteiger partial charge in [-0.25, -0.2) is 0 Å². The van der Waals surface area contributed by atoms with E-state index in [1.807, 2.05) is 0 Å². The Bertz CT molecular complexity index is 2220. The molecule has 8 rings (SSSR count). The molecule has 0 unspecified atom stereocenters. The van der Waals surface area contributed by atoms with E-state index in [1.54, 1.807) is 0 Å². The van der Waals surface area contributed by atoms with E-state index < -0.39 is 292 Å². The fourth-order valence-corrected chi connectivity index (χ4v) is 12.1. The molecule has 8 heterocycles. The summed E-state index contributed by atoms with van der Waals surface area (Å²) in [7, 11) is 2.37. The van der Waals surface area contributed by atoms with Gasteiger partial charge < -0.3 is 193 Å². The van der Waals surface area contributed by atoms with Gasteiger partial charge in [0, 0.05) is 21.1 Å². The van der Waals surface area contributed by atoms with Crippen molar-refractivity contribution >= 4 is 5.91 Å². The third kappa shape index (κ3) is 15.8. The number of aliphatic hydroxyl groups is 21. The minimum atomic E-state index is -2.27. The second-order valence-electron chi connectivity index (χ2n) is 23.1. The molecule has 0 radical (unpaired) electrons. The van der Waals surface area contributed by atoms with E-state index in [1.165, 1.54) is 21.1 Å². The quantitative estimate of drug-likeness (QED) is 0.0452. The van der Waals surface area contributed by atoms with Crippen LogP contribution in [0.15, 0.2) is 0 Å². The Kier molecular flexibility index (Phi) is 26.7. The SMILES string of the molecule is CO[C@@H]1[C@H](O)[C@@H](O)[C@H](O[C@@H]2[C@@H](O)[C@H](O[C@H]3[C@@H](O)[C@H](O)[C@H](O[C@H]4[C@H](O)[C@@H](NC(C)=O)[C@H](O[C@@H]5[C@@H](O[C@H]6[C@H](O)[C@@H](CO)O[C@@H](O[C@H]7[C@H](O)[C@@H](O)[C@H](O)O[C@@H]7CO)[C@H]6O[C@@H]6OC[C@@H](O)[C@H](O)[C@H]6O)O[C@H](CO)[C@@H](O)[C@@H]5O)O[C@@H]4CO)O[C@H]3C)O[C@H](CO)[C@H]2OC)O[C@@H]1CO. The molecule has 40 heteroatoms. The Morgan fingerprint density at radius 1 is 0.352 bits per heavy atom. The van der Waals surface area contributed by atoms with Crippen molar-refractivity contribution in [3.05, 3.63) is 0 Å². The number of methoxy groups -OCH3 is 2. The van der Waals surface area contributed by atoms with Crippen molar-refractivity contribution in [1.29, 1.82) is 0 Å². The zero-order valence-electron chi connectivity index (χ0n) is 49.2. The first-order chi connectivity index (χ1) is 43.2. The Morgan fingerprint density at radius 2 is 0.736 bits per heavy atom. The minimum absolute atomic E-state index is 0.687. The van der Waals surface area contributed by atoms with E-state index >= 15 is 0 Å². The highest BCUT2D eigenvalue weighted by Crippen LogP contribution is 2.40. The molecule has 0 saturated carbocycles. The van der Waals surface area contributed by atoms with Crippen LogP contribution in [0.4, 0.5) is 0 Å². The number of hydrogen-bond donors (Lipinski definition) is 22. The Hall–Kier alpha value is -2.05. The van der Waals surface area contributed by atoms with Crippen molar-refractivity contribution in [2.75, 3.05) is 60.5 Å². The van der Waals surface area contributed by atoms with Gasteiger partial charge in [0.25, 0.3) is 0 Å². The summed E-state index contributed by atoms with van der Waals surface area (Å²) in [6.07, 6.45) is -71.4. The number of amides is 1. The third-order valence-electron chi connectivity index (χ3n) is 17.1. The van der Waals surface area contributed by atoms with Gasteiger partial charge in [-0.1, -0.05) is 0 Å². The fraction of sp³-hybridized carbons (Fsp3) is 0.980. The van der Waals surface area contributed by atoms with Crippen LogP contribution in [-0.2, 0) is 85.3 Å². The maximum absolute atomic E-state index is 12.9. The van der Waals surface area contributed by atoms with Crippen LogP contribution in [0.2, 0.25) is 0 Å². The smallest absolute Gasteiger partial charge is 0.217 e. The van der Waals surface area contributed by atoms with Gasteiger partial charge in [0.2, 0.25) is 5.91 Å². The van der Waals surface area contributed by atoms with Crippen LogP contribution < -0.4 is 5.32 Å². The normalized spacial score (nSPS) is 51.8. The average molecular weight is 1340 g/mol. The van der Waals surface area contributed by atoms with Crippen molar-refractivity contribution in [2.45, 2.75) is 253 Å². The van der Waals surface area contributed by atoms with Crippen LogP contribution in [0, 0.1) is 0 Å². The molecule has 0 aromatic carbocycles. The zero-order valence-corrected chi connectivity index (χ0v) is 49.2. The molecular formula is C51H87NO39. The first kappa shape index (κ1) is 74.7. The van der Waals surface area contributed by atoms with E-state index in [0.717, 1.165) is 6.92 Å². The van der Waals surface area contributed by atoms with E-state index in [0.29, 0.717) is 0 Å². The minimum Gasteiger partial charge on any atom is -0.394 e. The predicted octanol–water partition coefficient (Wildman–Crippen LogP) is -15.3. The summed E-state index contributed by atoms with van der Waals surface area (Å²) in [5.74, 6) is -0.904. The van der Waals surface area contributed by atoms with Gasteiger partial charge in [-0.2, -0.15) is 0 Å². The maximum Gasteiger partial charge on any atom is 0.217 e. The molecule has 0 aliphatic carbocycles. The highest BCUT2D eigenvalue weighted by molar-refractivity contribution is 5.73. The topological polar surface area (TPSA) is 611 Å². The van der Waals surface area contributed by atoms with Gasteiger partial charge in [0.15, 0.2) is 50.3 Å². The lowest BCUT2D eigenvalue weighted by Gasteiger charge is -2.51. The van der Waals surface area contributed by atoms with Gasteiger partial charge >= 0.3 is 0 Å². The maximum atomic E-state index is 12.9. The molecule has 530 valence electrons. The molecule has 40 nitrogen and oxygen atoms in total. The van der Waals surface area contributed by atoms with E-state index in [2.05, 4.69) is 5.32 Å². The number of carbonyl (C=O) groups is 1. The summed E-state index contributed by atoms with van der Waals surface area (Å²) >= 11 is 0. The standard InChI is InChI=1S/C51H87NO39/c1-12-35(85-49-34(73)41(39(76-4)20(10-58)84-49)88-48-33(72)29(68)36(75-3)17(7-55)83-48)28(67)32(71)47(78-12)86-37-19(9-57)82-45(21(25(37)64)52-13(2)59)90-42-26(65)23(62)15(5-53)80-50(42)89-40-24(63)16(6-54)81-51(43(40)91-46-31(70)22(61)14(60)11-77-46)87-38-18(8-56)79-44(74)30(69)27(38)66/h12,14-51,53-58,60-74H,5-11H2,1-4H3,(H,52,59)/t12-,14+,15+,16+,17+,18+,19+,20+,21+,22-,23+,24+,25+,26-,27+,28-,29+,30+,31+,32-,33+,34+,35+,36-,37+,38+,39+,40-,41+,42-,43-,44+,45-,46-,47-,48-,49-,50+,51-/m0/s1. The van der Waals surface area contributed by atoms with Gasteiger partial charge in [-0.3, -0.25) is 4.79 Å². The Morgan fingerprint density at radius 3 is 1.32 bits per heavy atom. The molecule has 1 amide bonds. The molecule has 8 fully saturated rings. The summed E-state index contributed by atoms with van der Waals surface area (Å²) in [4.78, 5) is 12.9. The van der Waals surface area contributed by atoms with Crippen molar-refractivity contribution < 1.29 is 193 Å². The van der Waals surface area contributed by atoms with Crippen molar-refractivity contribution in [3.8, 4) is 0 Å². The summed E-state index contributed by atoms with van der Waals surface area (Å²) in [6, 6.07) is -1.88. The average Bonchev–Trinajstić information content (AvgIpc) is 0.874. The van der Waals surface area contributed by atoms with Gasteiger partial charge in [-0.05, 0) is 6.92 Å². The Balaban J connectivity index is 1.02. The molecule has 39 atom stereocenters. The zero-order chi connectivity index (χ0) is 66.8. The van der Waals surface area contributed by atoms with Crippen LogP contribution in [0.25, 0.3) is 0 Å². The Labute approximate surface area is 516 Å². The molecule has 8 aliphatic heterocycles. The summed E-state index contributed by atoms with van der Waals surface area (Å²) < 4.78 is 98.6. The van der Waals surface area contributed by atoms with Crippen molar-refractivity contribution in [3.63, 3.8) is 0 Å². The van der Waals surface area contributed by atoms with Gasteiger partial charge in [0.05, 0.1) is 52.4 Å². The van der Waals surface area contributed by atoms with Crippen LogP contribution >= 0.6 is 0 Å². The lowest BCUT2D eigenvalue weighted by molar-refractivity contribution is -0.410. The van der Waals surface area contributed by atoms with Crippen molar-refractivity contribution in [1.82, 2.24) is 5.32 Å². The first-order valence-corrected chi connectivity index (χ1v) is 29.2. The summed E-state index contributed by atoms with van der Waals surface area (Å²) in [6.45, 7) is -4.16. The van der Waals surface area contributed by atoms with Crippen molar-refractivity contribution in [2.24, 2.45) is 0 Å². The molecule has 0 aromatic heterocycles. The van der Waals surface area contributed by atoms with E-state index in [-0.39, 0.29) is 0 Å². The summed E-state index contributed by atoms with van der Waals surface area (Å²) in [5, 5.41) is 232. The largest absolute Gasteiger partial charge is 0.394 e. The third-order valence-corrected chi connectivity index (χ3v) is 17.1. The molecule has 0 spiro atoms. The van der Waals surface area contributed by atoms with Gasteiger partial charge in [-0.15, -0.1) is 0 Å². The number of carbonyl (C=O) groups excluding carboxylic acids is 1. The molecule has 0 bridgehead atoms. The van der Waals surface area contributed by atoms with E-state index in [4.69, 9.17) is 80.5 Å². The highest BCUT2D eigenvalue weighted by Gasteiger charge is 2.60. The van der Waals surface area contributed by atoms with Crippen LogP contribution in [0.1, 0.15) is 13.8 Å². The monoisotopic (exact) mass is 1340 g/mol. The number of rotatable bonds is 23. The fourth-order valence-electron chi connectivity index (χ4n) is 12.1. The second-order valence-corrected chi connectivity index (χ2v) is 23.1. The molecule has 8 aliphatic rings. The lowest BCUT2D eigenvalue weighted by atomic mass is 9.94. The lowest BCUT2D eigenvalue weighted by Crippen LogP contribution is -2.70. The van der Waals surface area contributed by atoms with E-state index in [9.17, 15) is 112 Å². The number of aliphatic hydroxyl groups excluding tert-OH is 21. The number of ether oxygens (including phenoxy) is 17.